The van der Waals surface area contributed by atoms with Crippen molar-refractivity contribution in [1.29, 1.82) is 0 Å². The second kappa shape index (κ2) is 21.8. The predicted molar refractivity (Wildman–Crippen MR) is 185 cm³/mol. The molecule has 0 spiro atoms. The maximum atomic E-state index is 12.2. The van der Waals surface area contributed by atoms with E-state index in [1.807, 2.05) is 0 Å². The number of β-amino-alcohol motifs (C(OH)–C–C–N with tert-alkyl or cyclic N) is 1. The number of ketones is 1. The highest BCUT2D eigenvalue weighted by Crippen LogP contribution is 2.25. The Balaban J connectivity index is 1.23. The minimum atomic E-state index is -0.375. The van der Waals surface area contributed by atoms with Gasteiger partial charge in [0.2, 0.25) is 11.8 Å². The third-order valence-electron chi connectivity index (χ3n) is 9.19. The number of carbonyl (C=O) groups excluding carboxylic acids is 3. The Morgan fingerprint density at radius 2 is 1.63 bits per heavy atom. The number of aryl methyl sites for hydroxylation is 2. The fourth-order valence-corrected chi connectivity index (χ4v) is 6.34. The van der Waals surface area contributed by atoms with Crippen molar-refractivity contribution in [1.82, 2.24) is 20.5 Å². The molecule has 1 fully saturated rings. The lowest BCUT2D eigenvalue weighted by atomic mass is 9.99. The highest BCUT2D eigenvalue weighted by Gasteiger charge is 2.23. The molecule has 1 atom stereocenters. The number of rotatable bonds is 24. The summed E-state index contributed by atoms with van der Waals surface area (Å²) in [6, 6.07) is 2.34. The number of pyridine rings is 1. The van der Waals surface area contributed by atoms with Crippen LogP contribution in [0.3, 0.4) is 0 Å². The second-order valence-corrected chi connectivity index (χ2v) is 13.4. The Bertz CT molecular complexity index is 1110. The van der Waals surface area contributed by atoms with Crippen molar-refractivity contribution in [2.75, 3.05) is 31.5 Å². The SMILES string of the molecule is C=C(CCCCCCC(=O)NCCCCC(=O)N1CCC(O)C1)NCc1cc2c(nc1CCCCCCCCC(C)=O)NCCC2. The summed E-state index contributed by atoms with van der Waals surface area (Å²) in [7, 11) is 0. The fraction of sp³-hybridized carbons (Fsp3) is 0.730. The molecule has 258 valence electrons. The number of nitrogens with zero attached hydrogens (tertiary/aromatic N) is 2. The third kappa shape index (κ3) is 15.1. The molecule has 2 amide bonds. The molecule has 3 heterocycles. The summed E-state index contributed by atoms with van der Waals surface area (Å²) >= 11 is 0. The number of carbonyl (C=O) groups is 3. The number of aromatic nitrogens is 1. The molecule has 0 saturated carbocycles. The molecule has 2 aliphatic rings. The smallest absolute Gasteiger partial charge is 0.222 e. The van der Waals surface area contributed by atoms with Crippen LogP contribution in [0, 0.1) is 0 Å². The Kier molecular flexibility index (Phi) is 17.8. The van der Waals surface area contributed by atoms with Gasteiger partial charge in [0.15, 0.2) is 0 Å². The number of aliphatic hydroxyl groups excluding tert-OH is 1. The van der Waals surface area contributed by atoms with Crippen molar-refractivity contribution in [2.24, 2.45) is 0 Å². The van der Waals surface area contributed by atoms with Crippen molar-refractivity contribution in [3.8, 4) is 0 Å². The summed E-state index contributed by atoms with van der Waals surface area (Å²) in [5.74, 6) is 1.56. The molecular weight excluding hydrogens is 578 g/mol. The molecule has 9 nitrogen and oxygen atoms in total. The Morgan fingerprint density at radius 3 is 2.37 bits per heavy atom. The van der Waals surface area contributed by atoms with E-state index in [1.54, 1.807) is 11.8 Å². The first-order valence-corrected chi connectivity index (χ1v) is 18.2. The molecule has 4 N–H and O–H groups in total. The zero-order valence-corrected chi connectivity index (χ0v) is 28.6. The number of aliphatic hydroxyl groups is 1. The predicted octanol–water partition coefficient (Wildman–Crippen LogP) is 6.13. The van der Waals surface area contributed by atoms with Gasteiger partial charge in [0.1, 0.15) is 11.6 Å². The van der Waals surface area contributed by atoms with Crippen molar-refractivity contribution in [3.63, 3.8) is 0 Å². The molecule has 2 aliphatic heterocycles. The van der Waals surface area contributed by atoms with Gasteiger partial charge < -0.3 is 30.8 Å². The summed E-state index contributed by atoms with van der Waals surface area (Å²) in [5.41, 5.74) is 4.86. The van der Waals surface area contributed by atoms with Gasteiger partial charge in [-0.2, -0.15) is 0 Å². The van der Waals surface area contributed by atoms with Gasteiger partial charge in [0.25, 0.3) is 0 Å². The topological polar surface area (TPSA) is 124 Å². The first-order valence-electron chi connectivity index (χ1n) is 18.2. The van der Waals surface area contributed by atoms with Crippen LogP contribution < -0.4 is 16.0 Å². The molecule has 1 saturated heterocycles. The molecule has 3 rings (SSSR count). The largest absolute Gasteiger partial charge is 0.391 e. The average molecular weight is 640 g/mol. The van der Waals surface area contributed by atoms with Gasteiger partial charge in [0.05, 0.1) is 6.10 Å². The molecule has 0 aromatic carbocycles. The van der Waals surface area contributed by atoms with E-state index in [9.17, 15) is 19.5 Å². The molecule has 1 aromatic heterocycles. The minimum absolute atomic E-state index is 0.0920. The first kappa shape index (κ1) is 37.5. The lowest BCUT2D eigenvalue weighted by Crippen LogP contribution is -2.29. The molecule has 0 bridgehead atoms. The van der Waals surface area contributed by atoms with Crippen molar-refractivity contribution < 1.29 is 19.5 Å². The Morgan fingerprint density at radius 1 is 0.935 bits per heavy atom. The molecule has 46 heavy (non-hydrogen) atoms. The van der Waals surface area contributed by atoms with E-state index in [2.05, 4.69) is 28.6 Å². The number of fused-ring (bicyclic) bond motifs is 1. The van der Waals surface area contributed by atoms with E-state index >= 15 is 0 Å². The standard InChI is InChI=1S/C37H61N5O4/c1-29(16-9-7-8-12-20-35(45)38-23-14-13-21-36(46)42-25-22-33(44)28-42)40-27-32-26-31-18-15-24-39-37(31)41-34(32)19-11-6-4-3-5-10-17-30(2)43/h26,33,40,44H,1,3-25,27-28H2,2H3,(H,38,45)(H,39,41). The molecule has 1 unspecified atom stereocenters. The van der Waals surface area contributed by atoms with Gasteiger partial charge in [0, 0.05) is 63.4 Å². The number of hydrogen-bond donors (Lipinski definition) is 4. The lowest BCUT2D eigenvalue weighted by Gasteiger charge is -2.21. The van der Waals surface area contributed by atoms with Crippen LogP contribution in [0.1, 0.15) is 139 Å². The van der Waals surface area contributed by atoms with E-state index in [-0.39, 0.29) is 17.9 Å². The number of hydrogen-bond acceptors (Lipinski definition) is 7. The molecular formula is C37H61N5O4. The highest BCUT2D eigenvalue weighted by molar-refractivity contribution is 5.77. The number of anilines is 1. The van der Waals surface area contributed by atoms with Gasteiger partial charge in [-0.15, -0.1) is 0 Å². The van der Waals surface area contributed by atoms with E-state index in [0.29, 0.717) is 51.1 Å². The third-order valence-corrected chi connectivity index (χ3v) is 9.19. The number of likely N-dealkylation sites (tertiary alicyclic amines) is 1. The summed E-state index contributed by atoms with van der Waals surface area (Å²) in [6.07, 6.45) is 18.7. The second-order valence-electron chi connectivity index (χ2n) is 13.4. The molecule has 1 aromatic rings. The fourth-order valence-electron chi connectivity index (χ4n) is 6.34. The quantitative estimate of drug-likeness (QED) is 0.100. The van der Waals surface area contributed by atoms with Crippen LogP contribution in [0.5, 0.6) is 0 Å². The minimum Gasteiger partial charge on any atom is -0.391 e. The maximum absolute atomic E-state index is 12.2. The Hall–Kier alpha value is -2.94. The number of unbranched alkanes of at least 4 members (excludes halogenated alkanes) is 9. The van der Waals surface area contributed by atoms with Crippen LogP contribution in [-0.2, 0) is 33.8 Å². The van der Waals surface area contributed by atoms with Crippen LogP contribution in [0.4, 0.5) is 5.82 Å². The normalized spacial score (nSPS) is 15.7. The van der Waals surface area contributed by atoms with Crippen LogP contribution in [0.15, 0.2) is 18.3 Å². The molecule has 9 heteroatoms. The van der Waals surface area contributed by atoms with Crippen molar-refractivity contribution >= 4 is 23.4 Å². The zero-order chi connectivity index (χ0) is 33.0. The number of amides is 2. The van der Waals surface area contributed by atoms with Gasteiger partial charge in [-0.05, 0) is 94.7 Å². The number of Topliss-reactive ketones (excluding diaryl/α,β-unsaturated/α-hetero) is 1. The average Bonchev–Trinajstić information content (AvgIpc) is 3.48. The van der Waals surface area contributed by atoms with Gasteiger partial charge in [-0.1, -0.05) is 45.1 Å². The van der Waals surface area contributed by atoms with Crippen LogP contribution in [0.2, 0.25) is 0 Å². The van der Waals surface area contributed by atoms with E-state index in [1.165, 1.54) is 36.1 Å². The maximum Gasteiger partial charge on any atom is 0.222 e. The Labute approximate surface area is 277 Å². The van der Waals surface area contributed by atoms with Crippen LogP contribution in [-0.4, -0.2) is 64.9 Å². The molecule has 0 aliphatic carbocycles. The summed E-state index contributed by atoms with van der Waals surface area (Å²) < 4.78 is 0. The van der Waals surface area contributed by atoms with E-state index in [0.717, 1.165) is 108 Å². The van der Waals surface area contributed by atoms with Gasteiger partial charge in [-0.25, -0.2) is 4.98 Å². The zero-order valence-electron chi connectivity index (χ0n) is 28.6. The van der Waals surface area contributed by atoms with Crippen LogP contribution >= 0.6 is 0 Å². The number of allylic oxidation sites excluding steroid dienone is 1. The molecule has 0 radical (unpaired) electrons. The summed E-state index contributed by atoms with van der Waals surface area (Å²) in [4.78, 5) is 42.2. The van der Waals surface area contributed by atoms with Gasteiger partial charge in [-0.3, -0.25) is 9.59 Å². The van der Waals surface area contributed by atoms with Crippen LogP contribution in [0.25, 0.3) is 0 Å². The monoisotopic (exact) mass is 639 g/mol. The summed E-state index contributed by atoms with van der Waals surface area (Å²) in [6.45, 7) is 9.43. The van der Waals surface area contributed by atoms with Gasteiger partial charge >= 0.3 is 0 Å². The van der Waals surface area contributed by atoms with E-state index in [4.69, 9.17) is 4.98 Å². The van der Waals surface area contributed by atoms with Crippen molar-refractivity contribution in [2.45, 2.75) is 148 Å². The van der Waals surface area contributed by atoms with E-state index < -0.39 is 0 Å². The first-order chi connectivity index (χ1) is 22.3. The van der Waals surface area contributed by atoms with Crippen molar-refractivity contribution in [3.05, 3.63) is 35.2 Å². The number of nitrogens with one attached hydrogen (secondary N) is 3. The summed E-state index contributed by atoms with van der Waals surface area (Å²) in [5, 5.41) is 19.6. The lowest BCUT2D eigenvalue weighted by molar-refractivity contribution is -0.130. The highest BCUT2D eigenvalue weighted by atomic mass is 16.3.